The monoisotopic (exact) mass is 650 g/mol. The molecule has 1 saturated heterocycles. The summed E-state index contributed by atoms with van der Waals surface area (Å²) in [4.78, 5) is 77.3. The molecule has 12 heteroatoms. The van der Waals surface area contributed by atoms with Crippen molar-refractivity contribution in [3.05, 3.63) is 93.5 Å². The molecular weight excluding hydrogens is 620 g/mol. The van der Waals surface area contributed by atoms with E-state index in [0.717, 1.165) is 20.8 Å². The van der Waals surface area contributed by atoms with E-state index in [-0.39, 0.29) is 28.1 Å². The minimum absolute atomic E-state index is 0.104. The lowest BCUT2D eigenvalue weighted by molar-refractivity contribution is -0.256. The number of allylic oxidation sites excluding steroid dienone is 2. The SMILES string of the molecule is CC(=O)OC[C@H]1O[C@@H](C2C=CC(c3ccc(Cl)cc3)C3=C2C(=O)c2ccccc2C3=O)[C@H](OC(C)=O)[C@@H](OC(C)=O)[C@@H]1OC(C)=O. The minimum atomic E-state index is -1.43. The molecule has 2 unspecified atom stereocenters. The first-order valence-corrected chi connectivity index (χ1v) is 14.9. The van der Waals surface area contributed by atoms with Crippen molar-refractivity contribution in [3.63, 3.8) is 0 Å². The topological polar surface area (TPSA) is 149 Å². The Morgan fingerprint density at radius 2 is 1.24 bits per heavy atom. The van der Waals surface area contributed by atoms with Crippen LogP contribution in [-0.2, 0) is 42.9 Å². The molecule has 0 saturated carbocycles. The fourth-order valence-electron chi connectivity index (χ4n) is 6.25. The summed E-state index contributed by atoms with van der Waals surface area (Å²) in [5, 5.41) is 0.490. The third-order valence-electron chi connectivity index (χ3n) is 7.96. The van der Waals surface area contributed by atoms with Crippen LogP contribution in [0.25, 0.3) is 0 Å². The number of ketones is 2. The van der Waals surface area contributed by atoms with Gasteiger partial charge in [-0.3, -0.25) is 28.8 Å². The van der Waals surface area contributed by atoms with Gasteiger partial charge in [0.1, 0.15) is 18.8 Å². The van der Waals surface area contributed by atoms with Crippen molar-refractivity contribution < 1.29 is 52.5 Å². The summed E-state index contributed by atoms with van der Waals surface area (Å²) in [5.41, 5.74) is 1.43. The Labute approximate surface area is 269 Å². The summed E-state index contributed by atoms with van der Waals surface area (Å²) in [6.45, 7) is 4.13. The second kappa shape index (κ2) is 13.4. The van der Waals surface area contributed by atoms with Crippen LogP contribution in [0.5, 0.6) is 0 Å². The van der Waals surface area contributed by atoms with E-state index in [0.29, 0.717) is 10.6 Å². The second-order valence-electron chi connectivity index (χ2n) is 11.1. The van der Waals surface area contributed by atoms with E-state index >= 15 is 0 Å². The summed E-state index contributed by atoms with van der Waals surface area (Å²) < 4.78 is 28.4. The highest BCUT2D eigenvalue weighted by Crippen LogP contribution is 2.46. The molecule has 0 aromatic heterocycles. The predicted octanol–water partition coefficient (Wildman–Crippen LogP) is 4.11. The minimum Gasteiger partial charge on any atom is -0.463 e. The number of ether oxygens (including phenoxy) is 5. The number of halogens is 1. The number of fused-ring (bicyclic) bond motifs is 1. The second-order valence-corrected chi connectivity index (χ2v) is 11.6. The number of rotatable bonds is 7. The number of hydrogen-bond acceptors (Lipinski definition) is 11. The van der Waals surface area contributed by atoms with Crippen LogP contribution in [0.4, 0.5) is 0 Å². The first kappa shape index (κ1) is 32.8. The molecular formula is C34H31ClO11. The van der Waals surface area contributed by atoms with Gasteiger partial charge in [0.15, 0.2) is 29.9 Å². The smallest absolute Gasteiger partial charge is 0.303 e. The van der Waals surface area contributed by atoms with Gasteiger partial charge >= 0.3 is 23.9 Å². The molecule has 46 heavy (non-hydrogen) atoms. The zero-order valence-corrected chi connectivity index (χ0v) is 26.1. The molecule has 7 atom stereocenters. The van der Waals surface area contributed by atoms with Crippen LogP contribution in [0, 0.1) is 5.92 Å². The molecule has 1 aliphatic heterocycles. The Morgan fingerprint density at radius 1 is 0.696 bits per heavy atom. The number of carbonyl (C=O) groups excluding carboxylic acids is 6. The van der Waals surface area contributed by atoms with Gasteiger partial charge in [-0.15, -0.1) is 0 Å². The lowest BCUT2D eigenvalue weighted by atomic mass is 9.67. The maximum Gasteiger partial charge on any atom is 0.303 e. The van der Waals surface area contributed by atoms with Gasteiger partial charge in [-0.1, -0.05) is 60.2 Å². The first-order valence-electron chi connectivity index (χ1n) is 14.5. The van der Waals surface area contributed by atoms with E-state index in [4.69, 9.17) is 35.3 Å². The van der Waals surface area contributed by atoms with Gasteiger partial charge in [0.05, 0.1) is 0 Å². The number of carbonyl (C=O) groups is 6. The highest BCUT2D eigenvalue weighted by molar-refractivity contribution is 6.30. The summed E-state index contributed by atoms with van der Waals surface area (Å²) in [7, 11) is 0. The van der Waals surface area contributed by atoms with Crippen molar-refractivity contribution in [2.75, 3.05) is 6.61 Å². The fraction of sp³-hybridized carbons (Fsp3) is 0.353. The van der Waals surface area contributed by atoms with E-state index in [9.17, 15) is 28.8 Å². The molecule has 1 heterocycles. The predicted molar refractivity (Wildman–Crippen MR) is 161 cm³/mol. The average molecular weight is 651 g/mol. The van der Waals surface area contributed by atoms with Crippen molar-refractivity contribution in [2.45, 2.75) is 64.1 Å². The lowest BCUT2D eigenvalue weighted by Crippen LogP contribution is -2.64. The molecule has 3 aliphatic rings. The maximum absolute atomic E-state index is 14.3. The Balaban J connectivity index is 1.69. The van der Waals surface area contributed by atoms with Crippen LogP contribution >= 0.6 is 11.6 Å². The van der Waals surface area contributed by atoms with E-state index in [2.05, 4.69) is 0 Å². The molecule has 5 rings (SSSR count). The maximum atomic E-state index is 14.3. The molecule has 240 valence electrons. The van der Waals surface area contributed by atoms with Crippen molar-refractivity contribution in [1.29, 1.82) is 0 Å². The van der Waals surface area contributed by atoms with Crippen LogP contribution in [0.2, 0.25) is 5.02 Å². The Hall–Kier alpha value is -4.61. The van der Waals surface area contributed by atoms with Gasteiger partial charge < -0.3 is 23.7 Å². The summed E-state index contributed by atoms with van der Waals surface area (Å²) in [6, 6.07) is 13.3. The van der Waals surface area contributed by atoms with Crippen molar-refractivity contribution >= 4 is 47.0 Å². The van der Waals surface area contributed by atoms with Crippen LogP contribution in [-0.4, -0.2) is 72.6 Å². The molecule has 0 N–H and O–H groups in total. The van der Waals surface area contributed by atoms with Crippen molar-refractivity contribution in [1.82, 2.24) is 0 Å². The third kappa shape index (κ3) is 6.52. The zero-order chi connectivity index (χ0) is 33.3. The van der Waals surface area contributed by atoms with Gasteiger partial charge in [-0.05, 0) is 17.7 Å². The van der Waals surface area contributed by atoms with Gasteiger partial charge in [-0.25, -0.2) is 0 Å². The molecule has 0 radical (unpaired) electrons. The van der Waals surface area contributed by atoms with Crippen LogP contribution in [0.15, 0.2) is 71.8 Å². The highest BCUT2D eigenvalue weighted by Gasteiger charge is 2.56. The molecule has 0 spiro atoms. The number of esters is 4. The summed E-state index contributed by atoms with van der Waals surface area (Å²) in [5.74, 6) is -5.46. The van der Waals surface area contributed by atoms with Gasteiger partial charge in [-0.2, -0.15) is 0 Å². The Morgan fingerprint density at radius 3 is 1.80 bits per heavy atom. The van der Waals surface area contributed by atoms with Crippen molar-refractivity contribution in [3.8, 4) is 0 Å². The number of benzene rings is 2. The van der Waals surface area contributed by atoms with E-state index in [1.54, 1.807) is 60.7 Å². The Bertz CT molecular complexity index is 1660. The van der Waals surface area contributed by atoms with Crippen LogP contribution in [0.1, 0.15) is 59.9 Å². The number of Topliss-reactive ketones (excluding diaryl/α,β-unsaturated/α-hetero) is 2. The quantitative estimate of drug-likeness (QED) is 0.242. The van der Waals surface area contributed by atoms with Crippen LogP contribution in [0.3, 0.4) is 0 Å². The standard InChI is InChI=1S/C34H31ClO11/c1-16(36)42-15-26-32(43-17(2)37)34(45-19(4)39)33(44-18(3)38)31(46-26)25-14-13-22(20-9-11-21(35)12-10-20)27-28(25)30(41)24-8-6-5-7-23(24)29(27)40/h5-14,22,25-26,31-34H,15H2,1-4H3/t22?,25?,26-,31+,32-,33+,34+/m1/s1. The zero-order valence-electron chi connectivity index (χ0n) is 25.4. The molecule has 0 amide bonds. The fourth-order valence-corrected chi connectivity index (χ4v) is 6.38. The molecule has 2 aromatic carbocycles. The van der Waals surface area contributed by atoms with Crippen molar-refractivity contribution in [2.24, 2.45) is 5.92 Å². The van der Waals surface area contributed by atoms with E-state index < -0.39 is 78.6 Å². The molecule has 0 bridgehead atoms. The average Bonchev–Trinajstić information content (AvgIpc) is 3.00. The molecule has 2 aliphatic carbocycles. The number of hydrogen-bond donors (Lipinski definition) is 0. The van der Waals surface area contributed by atoms with Gasteiger partial charge in [0.2, 0.25) is 0 Å². The molecule has 11 nitrogen and oxygen atoms in total. The van der Waals surface area contributed by atoms with Gasteiger partial charge in [0, 0.05) is 66.8 Å². The summed E-state index contributed by atoms with van der Waals surface area (Å²) in [6.07, 6.45) is -3.28. The molecule has 1 fully saturated rings. The van der Waals surface area contributed by atoms with Crippen LogP contribution < -0.4 is 0 Å². The lowest BCUT2D eigenvalue weighted by Gasteiger charge is -2.47. The van der Waals surface area contributed by atoms with E-state index in [1.807, 2.05) is 0 Å². The van der Waals surface area contributed by atoms with E-state index in [1.165, 1.54) is 6.92 Å². The third-order valence-corrected chi connectivity index (χ3v) is 8.21. The largest absolute Gasteiger partial charge is 0.463 e. The first-order chi connectivity index (χ1) is 21.9. The normalized spacial score (nSPS) is 26.8. The molecule has 2 aromatic rings. The highest BCUT2D eigenvalue weighted by atomic mass is 35.5. The summed E-state index contributed by atoms with van der Waals surface area (Å²) >= 11 is 6.13. The van der Waals surface area contributed by atoms with Gasteiger partial charge in [0.25, 0.3) is 0 Å². The Kier molecular flexibility index (Phi) is 9.55.